The van der Waals surface area contributed by atoms with Gasteiger partial charge in [-0.15, -0.1) is 11.3 Å². The van der Waals surface area contributed by atoms with Crippen molar-refractivity contribution >= 4 is 33.1 Å². The van der Waals surface area contributed by atoms with Gasteiger partial charge in [-0.2, -0.15) is 0 Å². The molecule has 4 aromatic rings. The molecule has 5 heteroatoms. The van der Waals surface area contributed by atoms with Crippen molar-refractivity contribution in [2.24, 2.45) is 0 Å². The normalized spacial score (nSPS) is 12.9. The Kier molecular flexibility index (Phi) is 3.69. The van der Waals surface area contributed by atoms with E-state index in [1.807, 2.05) is 73.7 Å². The summed E-state index contributed by atoms with van der Waals surface area (Å²) >= 11 is 1.62. The summed E-state index contributed by atoms with van der Waals surface area (Å²) in [4.78, 5) is 17.7. The van der Waals surface area contributed by atoms with E-state index in [9.17, 15) is 4.79 Å². The maximum atomic E-state index is 13.3. The molecule has 0 saturated carbocycles. The van der Waals surface area contributed by atoms with Crippen LogP contribution in [0.3, 0.4) is 0 Å². The van der Waals surface area contributed by atoms with E-state index >= 15 is 0 Å². The zero-order valence-corrected chi connectivity index (χ0v) is 15.4. The number of rotatable bonds is 2. The quantitative estimate of drug-likeness (QED) is 0.507. The SMILES string of the molecule is Cc1nc2ccc(NC(=O)C3c4ccccc4Oc4ccccc43)cc2s1. The molecular weight excluding hydrogens is 356 g/mol. The molecule has 1 aliphatic heterocycles. The van der Waals surface area contributed by atoms with Crippen LogP contribution in [0.4, 0.5) is 5.69 Å². The highest BCUT2D eigenvalue weighted by molar-refractivity contribution is 7.18. The van der Waals surface area contributed by atoms with E-state index in [2.05, 4.69) is 10.3 Å². The third-order valence-electron chi connectivity index (χ3n) is 4.71. The fraction of sp³-hybridized carbons (Fsp3) is 0.0909. The van der Waals surface area contributed by atoms with Crippen LogP contribution in [0.25, 0.3) is 10.2 Å². The van der Waals surface area contributed by atoms with E-state index in [4.69, 9.17) is 4.74 Å². The predicted octanol–water partition coefficient (Wildman–Crippen LogP) is 5.48. The number of aryl methyl sites for hydroxylation is 1. The zero-order valence-electron chi connectivity index (χ0n) is 14.6. The van der Waals surface area contributed by atoms with E-state index in [1.165, 1.54) is 0 Å². The maximum absolute atomic E-state index is 13.3. The molecule has 4 nitrogen and oxygen atoms in total. The second-order valence-electron chi connectivity index (χ2n) is 6.52. The van der Waals surface area contributed by atoms with Crippen LogP contribution in [0, 0.1) is 6.92 Å². The second-order valence-corrected chi connectivity index (χ2v) is 7.75. The summed E-state index contributed by atoms with van der Waals surface area (Å²) in [5.41, 5.74) is 3.49. The van der Waals surface area contributed by atoms with Crippen molar-refractivity contribution in [3.8, 4) is 11.5 Å². The van der Waals surface area contributed by atoms with Crippen molar-refractivity contribution in [2.45, 2.75) is 12.8 Å². The monoisotopic (exact) mass is 372 g/mol. The minimum atomic E-state index is -0.412. The Hall–Kier alpha value is -3.18. The number of para-hydroxylation sites is 2. The van der Waals surface area contributed by atoms with Crippen LogP contribution in [-0.4, -0.2) is 10.9 Å². The molecule has 0 atom stereocenters. The second kappa shape index (κ2) is 6.21. The molecule has 3 aromatic carbocycles. The summed E-state index contributed by atoms with van der Waals surface area (Å²) in [7, 11) is 0. The van der Waals surface area contributed by atoms with Crippen molar-refractivity contribution in [3.05, 3.63) is 82.9 Å². The van der Waals surface area contributed by atoms with Crippen LogP contribution in [0.1, 0.15) is 22.1 Å². The van der Waals surface area contributed by atoms with Crippen LogP contribution < -0.4 is 10.1 Å². The Bertz CT molecular complexity index is 1140. The number of carbonyl (C=O) groups is 1. The topological polar surface area (TPSA) is 51.2 Å². The van der Waals surface area contributed by atoms with E-state index in [0.717, 1.165) is 43.5 Å². The van der Waals surface area contributed by atoms with Crippen molar-refractivity contribution in [1.82, 2.24) is 4.98 Å². The maximum Gasteiger partial charge on any atom is 0.236 e. The number of fused-ring (bicyclic) bond motifs is 3. The average molecular weight is 372 g/mol. The minimum absolute atomic E-state index is 0.0706. The lowest BCUT2D eigenvalue weighted by Gasteiger charge is -2.27. The molecule has 0 fully saturated rings. The first kappa shape index (κ1) is 16.0. The van der Waals surface area contributed by atoms with Crippen molar-refractivity contribution in [1.29, 1.82) is 0 Å². The van der Waals surface area contributed by atoms with Gasteiger partial charge in [-0.05, 0) is 37.3 Å². The predicted molar refractivity (Wildman–Crippen MR) is 108 cm³/mol. The first-order valence-electron chi connectivity index (χ1n) is 8.73. The number of carbonyl (C=O) groups excluding carboxylic acids is 1. The summed E-state index contributed by atoms with van der Waals surface area (Å²) in [6.45, 7) is 1.98. The smallest absolute Gasteiger partial charge is 0.236 e. The molecule has 0 spiro atoms. The van der Waals surface area contributed by atoms with Crippen LogP contribution >= 0.6 is 11.3 Å². The summed E-state index contributed by atoms with van der Waals surface area (Å²) in [5.74, 6) is 0.971. The van der Waals surface area contributed by atoms with Crippen LogP contribution in [0.5, 0.6) is 11.5 Å². The highest BCUT2D eigenvalue weighted by Gasteiger charge is 2.32. The summed E-state index contributed by atoms with van der Waals surface area (Å²) in [5, 5.41) is 4.09. The number of ether oxygens (including phenoxy) is 1. The van der Waals surface area contributed by atoms with E-state index in [-0.39, 0.29) is 5.91 Å². The number of benzene rings is 3. The molecular formula is C22H16N2O2S. The molecule has 1 aromatic heterocycles. The number of amides is 1. The Morgan fingerprint density at radius 2 is 1.67 bits per heavy atom. The molecule has 5 rings (SSSR count). The molecule has 0 aliphatic carbocycles. The Morgan fingerprint density at radius 3 is 2.37 bits per heavy atom. The first-order valence-corrected chi connectivity index (χ1v) is 9.54. The molecule has 0 saturated heterocycles. The van der Waals surface area contributed by atoms with Gasteiger partial charge in [0, 0.05) is 16.8 Å². The van der Waals surface area contributed by atoms with Crippen molar-refractivity contribution in [3.63, 3.8) is 0 Å². The van der Waals surface area contributed by atoms with Gasteiger partial charge >= 0.3 is 0 Å². The number of hydrogen-bond donors (Lipinski definition) is 1. The summed E-state index contributed by atoms with van der Waals surface area (Å²) in [6, 6.07) is 21.2. The minimum Gasteiger partial charge on any atom is -0.457 e. The molecule has 2 heterocycles. The Labute approximate surface area is 160 Å². The Balaban J connectivity index is 1.54. The molecule has 0 radical (unpaired) electrons. The summed E-state index contributed by atoms with van der Waals surface area (Å²) < 4.78 is 7.05. The van der Waals surface area contributed by atoms with Crippen LogP contribution in [0.2, 0.25) is 0 Å². The number of anilines is 1. The molecule has 132 valence electrons. The Morgan fingerprint density at radius 1 is 1.00 bits per heavy atom. The molecule has 0 unspecified atom stereocenters. The molecule has 1 N–H and O–H groups in total. The van der Waals surface area contributed by atoms with Gasteiger partial charge in [0.05, 0.1) is 21.1 Å². The van der Waals surface area contributed by atoms with Gasteiger partial charge in [-0.1, -0.05) is 36.4 Å². The highest BCUT2D eigenvalue weighted by Crippen LogP contribution is 2.44. The first-order chi connectivity index (χ1) is 13.2. The van der Waals surface area contributed by atoms with Gasteiger partial charge < -0.3 is 10.1 Å². The lowest BCUT2D eigenvalue weighted by Crippen LogP contribution is -2.25. The highest BCUT2D eigenvalue weighted by atomic mass is 32.1. The molecule has 27 heavy (non-hydrogen) atoms. The standard InChI is InChI=1S/C22H16N2O2S/c1-13-23-17-11-10-14(12-20(17)27-13)24-22(25)21-15-6-2-4-8-18(15)26-19-9-5-3-7-16(19)21/h2-12,21H,1H3,(H,24,25). The lowest BCUT2D eigenvalue weighted by molar-refractivity contribution is -0.116. The third kappa shape index (κ3) is 2.76. The number of nitrogens with zero attached hydrogens (tertiary/aromatic N) is 1. The summed E-state index contributed by atoms with van der Waals surface area (Å²) in [6.07, 6.45) is 0. The van der Waals surface area contributed by atoms with Crippen molar-refractivity contribution in [2.75, 3.05) is 5.32 Å². The van der Waals surface area contributed by atoms with Gasteiger partial charge in [-0.3, -0.25) is 4.79 Å². The van der Waals surface area contributed by atoms with Crippen LogP contribution in [-0.2, 0) is 4.79 Å². The van der Waals surface area contributed by atoms with Gasteiger partial charge in [-0.25, -0.2) is 4.98 Å². The average Bonchev–Trinajstić information content (AvgIpc) is 3.05. The van der Waals surface area contributed by atoms with E-state index < -0.39 is 5.92 Å². The number of nitrogens with one attached hydrogen (secondary N) is 1. The number of thiazole rings is 1. The van der Waals surface area contributed by atoms with E-state index in [0.29, 0.717) is 0 Å². The van der Waals surface area contributed by atoms with Crippen LogP contribution in [0.15, 0.2) is 66.7 Å². The largest absolute Gasteiger partial charge is 0.457 e. The lowest BCUT2D eigenvalue weighted by atomic mass is 9.87. The third-order valence-corrected chi connectivity index (χ3v) is 5.64. The fourth-order valence-electron chi connectivity index (χ4n) is 3.52. The number of aromatic nitrogens is 1. The van der Waals surface area contributed by atoms with Crippen molar-refractivity contribution < 1.29 is 9.53 Å². The number of hydrogen-bond acceptors (Lipinski definition) is 4. The van der Waals surface area contributed by atoms with Gasteiger partial charge in [0.15, 0.2) is 0 Å². The molecule has 1 amide bonds. The van der Waals surface area contributed by atoms with Gasteiger partial charge in [0.1, 0.15) is 11.5 Å². The fourth-order valence-corrected chi connectivity index (χ4v) is 4.39. The molecule has 1 aliphatic rings. The van der Waals surface area contributed by atoms with Gasteiger partial charge in [0.2, 0.25) is 5.91 Å². The van der Waals surface area contributed by atoms with Gasteiger partial charge in [0.25, 0.3) is 0 Å². The molecule has 0 bridgehead atoms. The van der Waals surface area contributed by atoms with E-state index in [1.54, 1.807) is 11.3 Å². The zero-order chi connectivity index (χ0) is 18.4.